The monoisotopic (exact) mass is 346 g/mol. The zero-order chi connectivity index (χ0) is 16.9. The van der Waals surface area contributed by atoms with Gasteiger partial charge in [0.15, 0.2) is 21.3 Å². The van der Waals surface area contributed by atoms with E-state index < -0.39 is 32.9 Å². The molecule has 1 N–H and O–H groups in total. The van der Waals surface area contributed by atoms with Crippen molar-refractivity contribution in [3.63, 3.8) is 0 Å². The van der Waals surface area contributed by atoms with Crippen LogP contribution in [-0.2, 0) is 14.6 Å². The van der Waals surface area contributed by atoms with Crippen molar-refractivity contribution in [3.05, 3.63) is 54.1 Å². The summed E-state index contributed by atoms with van der Waals surface area (Å²) in [6.07, 6.45) is 0. The number of carbonyl (C=O) groups is 1. The molecule has 0 bridgehead atoms. The molecule has 0 saturated heterocycles. The summed E-state index contributed by atoms with van der Waals surface area (Å²) < 4.78 is 36.1. The van der Waals surface area contributed by atoms with E-state index in [2.05, 4.69) is 0 Å². The molecule has 3 atom stereocenters. The highest BCUT2D eigenvalue weighted by atomic mass is 32.2. The average molecular weight is 346 g/mol. The maximum atomic E-state index is 12.8. The van der Waals surface area contributed by atoms with Crippen molar-refractivity contribution < 1.29 is 27.8 Å². The fraction of sp³-hybridized carbons (Fsp3) is 0.235. The standard InChI is InChI=1S/C17H14O6S/c18-17(19)15-14(10-6-7-12-13(8-10)23-9-22-12)16(15)24(20,21)11-4-2-1-3-5-11/h1-8,14-16H,9H2,(H,18,19)/t14-,15-,16-/m1/s1. The quantitative estimate of drug-likeness (QED) is 0.911. The lowest BCUT2D eigenvalue weighted by Crippen LogP contribution is -2.13. The van der Waals surface area contributed by atoms with E-state index in [1.165, 1.54) is 12.1 Å². The van der Waals surface area contributed by atoms with Gasteiger partial charge in [-0.2, -0.15) is 0 Å². The van der Waals surface area contributed by atoms with E-state index >= 15 is 0 Å². The summed E-state index contributed by atoms with van der Waals surface area (Å²) in [4.78, 5) is 11.7. The molecular weight excluding hydrogens is 332 g/mol. The fourth-order valence-electron chi connectivity index (χ4n) is 3.25. The first-order valence-corrected chi connectivity index (χ1v) is 8.96. The Morgan fingerprint density at radius 1 is 1.04 bits per heavy atom. The molecule has 2 aliphatic rings. The molecule has 2 aromatic carbocycles. The van der Waals surface area contributed by atoms with Crippen LogP contribution < -0.4 is 9.47 Å². The normalized spacial score (nSPS) is 24.6. The maximum absolute atomic E-state index is 12.8. The number of hydrogen-bond acceptors (Lipinski definition) is 5. The van der Waals surface area contributed by atoms with Crippen molar-refractivity contribution in [3.8, 4) is 11.5 Å². The summed E-state index contributed by atoms with van der Waals surface area (Å²) in [6, 6.07) is 13.0. The number of hydrogen-bond donors (Lipinski definition) is 1. The third-order valence-corrected chi connectivity index (χ3v) is 6.68. The van der Waals surface area contributed by atoms with Gasteiger partial charge in [-0.25, -0.2) is 8.42 Å². The van der Waals surface area contributed by atoms with E-state index in [4.69, 9.17) is 9.47 Å². The molecule has 24 heavy (non-hydrogen) atoms. The molecule has 1 saturated carbocycles. The van der Waals surface area contributed by atoms with Gasteiger partial charge in [0.05, 0.1) is 16.1 Å². The van der Waals surface area contributed by atoms with Gasteiger partial charge in [0.1, 0.15) is 0 Å². The molecule has 124 valence electrons. The highest BCUT2D eigenvalue weighted by Crippen LogP contribution is 2.55. The maximum Gasteiger partial charge on any atom is 0.308 e. The molecule has 0 spiro atoms. The van der Waals surface area contributed by atoms with Crippen LogP contribution in [0.3, 0.4) is 0 Å². The van der Waals surface area contributed by atoms with Gasteiger partial charge in [0, 0.05) is 5.92 Å². The van der Waals surface area contributed by atoms with Gasteiger partial charge < -0.3 is 14.6 Å². The van der Waals surface area contributed by atoms with Gasteiger partial charge in [0.2, 0.25) is 6.79 Å². The predicted molar refractivity (Wildman–Crippen MR) is 83.8 cm³/mol. The molecule has 7 heteroatoms. The number of aliphatic carboxylic acids is 1. The summed E-state index contributed by atoms with van der Waals surface area (Å²) >= 11 is 0. The topological polar surface area (TPSA) is 89.9 Å². The first-order chi connectivity index (χ1) is 11.5. The van der Waals surface area contributed by atoms with Crippen molar-refractivity contribution in [2.24, 2.45) is 5.92 Å². The Hall–Kier alpha value is -2.54. The van der Waals surface area contributed by atoms with E-state index in [0.717, 1.165) is 0 Å². The SMILES string of the molecule is O=C(O)[C@@H]1[C@@H](c2ccc3c(c2)OCO3)[C@H]1S(=O)(=O)c1ccccc1. The average Bonchev–Trinajstić information content (AvgIpc) is 3.19. The summed E-state index contributed by atoms with van der Waals surface area (Å²) in [5.74, 6) is -1.58. The lowest BCUT2D eigenvalue weighted by molar-refractivity contribution is -0.138. The summed E-state index contributed by atoms with van der Waals surface area (Å²) in [6.45, 7) is 0.109. The Balaban J connectivity index is 1.72. The van der Waals surface area contributed by atoms with Crippen LogP contribution in [0.25, 0.3) is 0 Å². The summed E-state index contributed by atoms with van der Waals surface area (Å²) in [5.41, 5.74) is 0.635. The van der Waals surface area contributed by atoms with E-state index in [9.17, 15) is 18.3 Å². The Kier molecular flexibility index (Phi) is 3.28. The van der Waals surface area contributed by atoms with Crippen LogP contribution in [0.1, 0.15) is 11.5 Å². The molecule has 1 aliphatic carbocycles. The van der Waals surface area contributed by atoms with Gasteiger partial charge in [-0.15, -0.1) is 0 Å². The third kappa shape index (κ3) is 2.24. The van der Waals surface area contributed by atoms with Crippen LogP contribution in [0, 0.1) is 5.92 Å². The van der Waals surface area contributed by atoms with Crippen LogP contribution >= 0.6 is 0 Å². The molecule has 1 aliphatic heterocycles. The molecule has 4 rings (SSSR count). The lowest BCUT2D eigenvalue weighted by Gasteiger charge is -2.04. The van der Waals surface area contributed by atoms with Crippen LogP contribution in [0.2, 0.25) is 0 Å². The molecule has 0 radical (unpaired) electrons. The van der Waals surface area contributed by atoms with Gasteiger partial charge in [0.25, 0.3) is 0 Å². The first kappa shape index (κ1) is 15.0. The van der Waals surface area contributed by atoms with Crippen molar-refractivity contribution in [2.75, 3.05) is 6.79 Å². The van der Waals surface area contributed by atoms with Crippen LogP contribution in [0.4, 0.5) is 0 Å². The van der Waals surface area contributed by atoms with Crippen molar-refractivity contribution >= 4 is 15.8 Å². The van der Waals surface area contributed by atoms with Crippen molar-refractivity contribution in [2.45, 2.75) is 16.1 Å². The molecule has 0 aromatic heterocycles. The smallest absolute Gasteiger partial charge is 0.308 e. The number of carboxylic acid groups (broad SMARTS) is 1. The summed E-state index contributed by atoms with van der Waals surface area (Å²) in [5, 5.41) is 8.46. The van der Waals surface area contributed by atoms with Crippen LogP contribution in [-0.4, -0.2) is 31.5 Å². The minimum absolute atomic E-state index is 0.109. The van der Waals surface area contributed by atoms with Gasteiger partial charge >= 0.3 is 5.97 Å². The number of fused-ring (bicyclic) bond motifs is 1. The molecule has 1 heterocycles. The predicted octanol–water partition coefficient (Wildman–Crippen LogP) is 2.06. The highest BCUT2D eigenvalue weighted by molar-refractivity contribution is 7.92. The Bertz CT molecular complexity index is 906. The zero-order valence-electron chi connectivity index (χ0n) is 12.5. The highest BCUT2D eigenvalue weighted by Gasteiger charge is 2.63. The molecular formula is C17H14O6S. The van der Waals surface area contributed by atoms with Crippen LogP contribution in [0.15, 0.2) is 53.4 Å². The van der Waals surface area contributed by atoms with E-state index in [0.29, 0.717) is 17.1 Å². The molecule has 0 unspecified atom stereocenters. The molecule has 0 amide bonds. The first-order valence-electron chi connectivity index (χ1n) is 7.41. The van der Waals surface area contributed by atoms with Gasteiger partial charge in [-0.05, 0) is 29.8 Å². The van der Waals surface area contributed by atoms with Gasteiger partial charge in [-0.1, -0.05) is 24.3 Å². The minimum Gasteiger partial charge on any atom is -0.481 e. The second-order valence-corrected chi connectivity index (χ2v) is 7.93. The number of ether oxygens (including phenoxy) is 2. The number of carboxylic acids is 1. The second-order valence-electron chi connectivity index (χ2n) is 5.83. The minimum atomic E-state index is -3.72. The zero-order valence-corrected chi connectivity index (χ0v) is 13.3. The second kappa shape index (κ2) is 5.24. The third-order valence-electron chi connectivity index (χ3n) is 4.45. The van der Waals surface area contributed by atoms with E-state index in [-0.39, 0.29) is 11.7 Å². The summed E-state index contributed by atoms with van der Waals surface area (Å²) in [7, 11) is -3.72. The van der Waals surface area contributed by atoms with Crippen molar-refractivity contribution in [1.82, 2.24) is 0 Å². The largest absolute Gasteiger partial charge is 0.481 e. The molecule has 1 fully saturated rings. The number of rotatable bonds is 4. The Labute approximate surface area is 138 Å². The number of benzene rings is 2. The van der Waals surface area contributed by atoms with E-state index in [1.807, 2.05) is 0 Å². The van der Waals surface area contributed by atoms with Gasteiger partial charge in [-0.3, -0.25) is 4.79 Å². The fourth-order valence-corrected chi connectivity index (χ4v) is 5.39. The Morgan fingerprint density at radius 2 is 1.75 bits per heavy atom. The molecule has 6 nitrogen and oxygen atoms in total. The molecule has 2 aromatic rings. The van der Waals surface area contributed by atoms with E-state index in [1.54, 1.807) is 36.4 Å². The number of sulfone groups is 1. The van der Waals surface area contributed by atoms with Crippen LogP contribution in [0.5, 0.6) is 11.5 Å². The lowest BCUT2D eigenvalue weighted by atomic mass is 10.1. The van der Waals surface area contributed by atoms with Crippen molar-refractivity contribution in [1.29, 1.82) is 0 Å². The Morgan fingerprint density at radius 3 is 2.46 bits per heavy atom.